The second-order valence-electron chi connectivity index (χ2n) is 8.50. The number of urea groups is 1. The number of fused-ring (bicyclic) bond motifs is 1. The fraction of sp³-hybridized carbons (Fsp3) is 0.375. The second-order valence-corrected chi connectivity index (χ2v) is 8.94. The molecule has 0 spiro atoms. The van der Waals surface area contributed by atoms with E-state index in [-0.39, 0.29) is 38.0 Å². The van der Waals surface area contributed by atoms with Gasteiger partial charge in [0.2, 0.25) is 12.7 Å². The molecule has 3 aliphatic rings. The van der Waals surface area contributed by atoms with Crippen molar-refractivity contribution in [2.24, 2.45) is 0 Å². The maximum Gasteiger partial charge on any atom is 0.325 e. The largest absolute Gasteiger partial charge is 0.454 e. The van der Waals surface area contributed by atoms with Crippen LogP contribution in [0.5, 0.6) is 11.5 Å². The number of hydrogen-bond donors (Lipinski definition) is 1. The molecule has 0 bridgehead atoms. The second kappa shape index (κ2) is 9.42. The lowest BCUT2D eigenvalue weighted by molar-refractivity contribution is -0.132. The summed E-state index contributed by atoms with van der Waals surface area (Å²) in [5.41, 5.74) is 1.81. The van der Waals surface area contributed by atoms with Gasteiger partial charge in [-0.05, 0) is 42.3 Å². The molecule has 1 N–H and O–H groups in total. The minimum Gasteiger partial charge on any atom is -0.454 e. The molecular formula is C24H25ClN4O5. The minimum atomic E-state index is -0.696. The molecule has 1 atom stereocenters. The number of imide groups is 1. The molecular weight excluding hydrogens is 460 g/mol. The van der Waals surface area contributed by atoms with Gasteiger partial charge in [0.1, 0.15) is 6.04 Å². The molecule has 3 heterocycles. The predicted octanol–water partition coefficient (Wildman–Crippen LogP) is 2.62. The highest BCUT2D eigenvalue weighted by molar-refractivity contribution is 6.30. The average molecular weight is 485 g/mol. The molecule has 2 aromatic carbocycles. The van der Waals surface area contributed by atoms with Crippen LogP contribution in [0.1, 0.15) is 18.4 Å². The van der Waals surface area contributed by atoms with Crippen LogP contribution < -0.4 is 19.7 Å². The number of amides is 4. The van der Waals surface area contributed by atoms with Gasteiger partial charge in [0.25, 0.3) is 5.91 Å². The number of benzene rings is 2. The Bertz CT molecular complexity index is 1120. The number of halogens is 1. The quantitative estimate of drug-likeness (QED) is 0.634. The molecule has 0 aromatic heterocycles. The standard InChI is InChI=1S/C24H25ClN4O5/c25-17-2-1-3-18(13-17)27-8-10-28(11-9-27)22(30)7-5-19-23(31)29(24(32)26-19)14-16-4-6-20-21(12-16)34-15-33-20/h1-4,6,12-13,19H,5,7-11,14-15H2,(H,26,32)/t19-/m1/s1. The van der Waals surface area contributed by atoms with Crippen LogP contribution in [-0.4, -0.2) is 66.7 Å². The summed E-state index contributed by atoms with van der Waals surface area (Å²) in [6.45, 7) is 2.94. The van der Waals surface area contributed by atoms with E-state index in [1.807, 2.05) is 29.2 Å². The van der Waals surface area contributed by atoms with Crippen LogP contribution >= 0.6 is 11.6 Å². The first-order chi connectivity index (χ1) is 16.5. The molecule has 0 unspecified atom stereocenters. The zero-order chi connectivity index (χ0) is 23.7. The van der Waals surface area contributed by atoms with E-state index in [0.29, 0.717) is 42.7 Å². The van der Waals surface area contributed by atoms with Crippen LogP contribution in [0.15, 0.2) is 42.5 Å². The zero-order valence-corrected chi connectivity index (χ0v) is 19.3. The Morgan fingerprint density at radius 3 is 2.62 bits per heavy atom. The third kappa shape index (κ3) is 4.61. The Balaban J connectivity index is 1.11. The fourth-order valence-corrected chi connectivity index (χ4v) is 4.64. The van der Waals surface area contributed by atoms with Gasteiger partial charge in [-0.1, -0.05) is 23.7 Å². The highest BCUT2D eigenvalue weighted by atomic mass is 35.5. The third-order valence-corrected chi connectivity index (χ3v) is 6.57. The molecule has 3 aliphatic heterocycles. The van der Waals surface area contributed by atoms with Gasteiger partial charge in [0.15, 0.2) is 11.5 Å². The van der Waals surface area contributed by atoms with Crippen molar-refractivity contribution in [2.45, 2.75) is 25.4 Å². The maximum absolute atomic E-state index is 12.8. The van der Waals surface area contributed by atoms with Gasteiger partial charge in [0, 0.05) is 43.3 Å². The monoisotopic (exact) mass is 484 g/mol. The number of anilines is 1. The number of hydrogen-bond acceptors (Lipinski definition) is 6. The van der Waals surface area contributed by atoms with Gasteiger partial charge in [-0.3, -0.25) is 14.5 Å². The Hall–Kier alpha value is -3.46. The molecule has 2 saturated heterocycles. The Morgan fingerprint density at radius 1 is 1.03 bits per heavy atom. The van der Waals surface area contributed by atoms with Crippen molar-refractivity contribution < 1.29 is 23.9 Å². The van der Waals surface area contributed by atoms with E-state index in [0.717, 1.165) is 11.3 Å². The summed E-state index contributed by atoms with van der Waals surface area (Å²) in [5, 5.41) is 3.40. The van der Waals surface area contributed by atoms with Crippen LogP contribution in [0.4, 0.5) is 10.5 Å². The molecule has 2 aromatic rings. The number of ether oxygens (including phenoxy) is 2. The molecule has 178 valence electrons. The zero-order valence-electron chi connectivity index (χ0n) is 18.5. The van der Waals surface area contributed by atoms with Gasteiger partial charge in [-0.2, -0.15) is 0 Å². The first-order valence-corrected chi connectivity index (χ1v) is 11.6. The van der Waals surface area contributed by atoms with Gasteiger partial charge in [-0.15, -0.1) is 0 Å². The lowest BCUT2D eigenvalue weighted by atomic mass is 10.1. The predicted molar refractivity (Wildman–Crippen MR) is 125 cm³/mol. The average Bonchev–Trinajstić information content (AvgIpc) is 3.42. The van der Waals surface area contributed by atoms with E-state index in [4.69, 9.17) is 21.1 Å². The highest BCUT2D eigenvalue weighted by Gasteiger charge is 2.38. The van der Waals surface area contributed by atoms with E-state index in [1.165, 1.54) is 4.90 Å². The van der Waals surface area contributed by atoms with Crippen LogP contribution in [0.25, 0.3) is 0 Å². The van der Waals surface area contributed by atoms with Gasteiger partial charge in [0.05, 0.1) is 6.54 Å². The molecule has 2 fully saturated rings. The molecule has 0 aliphatic carbocycles. The summed E-state index contributed by atoms with van der Waals surface area (Å²) in [6, 6.07) is 11.9. The summed E-state index contributed by atoms with van der Waals surface area (Å²) in [5.74, 6) is 0.913. The number of nitrogens with one attached hydrogen (secondary N) is 1. The van der Waals surface area contributed by atoms with Crippen molar-refractivity contribution in [3.63, 3.8) is 0 Å². The van der Waals surface area contributed by atoms with E-state index < -0.39 is 12.1 Å². The van der Waals surface area contributed by atoms with Gasteiger partial charge < -0.3 is 24.6 Å². The molecule has 9 nitrogen and oxygen atoms in total. The summed E-state index contributed by atoms with van der Waals surface area (Å²) in [7, 11) is 0. The van der Waals surface area contributed by atoms with Crippen molar-refractivity contribution >= 4 is 35.1 Å². The number of carbonyl (C=O) groups is 3. The summed E-state index contributed by atoms with van der Waals surface area (Å²) >= 11 is 6.08. The van der Waals surface area contributed by atoms with Crippen LogP contribution in [0.3, 0.4) is 0 Å². The van der Waals surface area contributed by atoms with E-state index in [1.54, 1.807) is 18.2 Å². The molecule has 34 heavy (non-hydrogen) atoms. The SMILES string of the molecule is O=C(CC[C@H]1NC(=O)N(Cc2ccc3c(c2)OCO3)C1=O)N1CCN(c2cccc(Cl)c2)CC1. The lowest BCUT2D eigenvalue weighted by Crippen LogP contribution is -2.49. The summed E-state index contributed by atoms with van der Waals surface area (Å²) < 4.78 is 10.7. The van der Waals surface area contributed by atoms with E-state index >= 15 is 0 Å². The smallest absolute Gasteiger partial charge is 0.325 e. The molecule has 0 saturated carbocycles. The lowest BCUT2D eigenvalue weighted by Gasteiger charge is -2.36. The van der Waals surface area contributed by atoms with Crippen molar-refractivity contribution in [3.05, 3.63) is 53.1 Å². The van der Waals surface area contributed by atoms with Crippen LogP contribution in [0, 0.1) is 0 Å². The number of nitrogens with zero attached hydrogens (tertiary/aromatic N) is 3. The molecule has 10 heteroatoms. The molecule has 0 radical (unpaired) electrons. The number of rotatable bonds is 6. The van der Waals surface area contributed by atoms with Crippen molar-refractivity contribution in [1.29, 1.82) is 0 Å². The number of carbonyl (C=O) groups excluding carboxylic acids is 3. The van der Waals surface area contributed by atoms with Crippen molar-refractivity contribution in [3.8, 4) is 11.5 Å². The minimum absolute atomic E-state index is 0.0120. The maximum atomic E-state index is 12.8. The van der Waals surface area contributed by atoms with Crippen LogP contribution in [-0.2, 0) is 16.1 Å². The first-order valence-electron chi connectivity index (χ1n) is 11.3. The van der Waals surface area contributed by atoms with E-state index in [9.17, 15) is 14.4 Å². The Kier molecular flexibility index (Phi) is 6.19. The number of piperazine rings is 1. The van der Waals surface area contributed by atoms with Crippen LogP contribution in [0.2, 0.25) is 5.02 Å². The van der Waals surface area contributed by atoms with E-state index in [2.05, 4.69) is 10.2 Å². The normalized spacial score (nSPS) is 19.6. The summed E-state index contributed by atoms with van der Waals surface area (Å²) in [4.78, 5) is 43.1. The Labute approximate surface area is 202 Å². The topological polar surface area (TPSA) is 91.4 Å². The van der Waals surface area contributed by atoms with Gasteiger partial charge in [-0.25, -0.2) is 4.79 Å². The fourth-order valence-electron chi connectivity index (χ4n) is 4.46. The Morgan fingerprint density at radius 2 is 1.82 bits per heavy atom. The highest BCUT2D eigenvalue weighted by Crippen LogP contribution is 2.33. The van der Waals surface area contributed by atoms with Crippen molar-refractivity contribution in [1.82, 2.24) is 15.1 Å². The first kappa shape index (κ1) is 22.3. The molecule has 5 rings (SSSR count). The summed E-state index contributed by atoms with van der Waals surface area (Å²) in [6.07, 6.45) is 0.473. The molecule has 4 amide bonds. The third-order valence-electron chi connectivity index (χ3n) is 6.34. The van der Waals surface area contributed by atoms with Gasteiger partial charge >= 0.3 is 6.03 Å². The van der Waals surface area contributed by atoms with Crippen molar-refractivity contribution in [2.75, 3.05) is 37.9 Å².